The van der Waals surface area contributed by atoms with Crippen LogP contribution in [0.2, 0.25) is 0 Å². The Labute approximate surface area is 181 Å². The number of amides is 2. The van der Waals surface area contributed by atoms with Crippen molar-refractivity contribution in [3.63, 3.8) is 0 Å². The zero-order chi connectivity index (χ0) is 23.2. The molecule has 0 saturated heterocycles. The number of carbonyl (C=O) groups is 2. The van der Waals surface area contributed by atoms with E-state index in [-0.39, 0.29) is 29.2 Å². The summed E-state index contributed by atoms with van der Waals surface area (Å²) < 4.78 is 14.5. The summed E-state index contributed by atoms with van der Waals surface area (Å²) in [5.74, 6) is -1.35. The number of amidine groups is 1. The standard InChI is InChI=1S/C23H27FN4O3/c1-6-20(28-31)27-22(30)15-7-9-18(24)14(2)17(11-15)19-10-8-16(12-25-19)21(29)26-13-23(3,4)5/h6-8,10-12,31H,1,9,13H2,2-5H3,(H,26,29)(H,27,28,30). The van der Waals surface area contributed by atoms with Crippen molar-refractivity contribution in [3.05, 3.63) is 71.4 Å². The molecule has 1 aromatic rings. The van der Waals surface area contributed by atoms with Gasteiger partial charge in [0.25, 0.3) is 11.8 Å². The highest BCUT2D eigenvalue weighted by Gasteiger charge is 2.19. The third kappa shape index (κ3) is 6.47. The summed E-state index contributed by atoms with van der Waals surface area (Å²) in [4.78, 5) is 29.1. The molecule has 2 rings (SSSR count). The first kappa shape index (κ1) is 23.7. The highest BCUT2D eigenvalue weighted by Crippen LogP contribution is 2.31. The third-order valence-corrected chi connectivity index (χ3v) is 4.50. The predicted octanol–water partition coefficient (Wildman–Crippen LogP) is 3.90. The molecule has 0 atom stereocenters. The summed E-state index contributed by atoms with van der Waals surface area (Å²) in [5.41, 5.74) is 1.69. The van der Waals surface area contributed by atoms with Crippen molar-refractivity contribution in [1.29, 1.82) is 0 Å². The van der Waals surface area contributed by atoms with Crippen LogP contribution in [0.1, 0.15) is 50.2 Å². The first-order valence-corrected chi connectivity index (χ1v) is 9.73. The Morgan fingerprint density at radius 2 is 2.03 bits per heavy atom. The van der Waals surface area contributed by atoms with E-state index < -0.39 is 11.7 Å². The Hall–Kier alpha value is -3.55. The summed E-state index contributed by atoms with van der Waals surface area (Å²) in [5, 5.41) is 17.0. The molecule has 164 valence electrons. The molecular formula is C23H27FN4O3. The maximum atomic E-state index is 14.5. The fourth-order valence-electron chi connectivity index (χ4n) is 2.69. The summed E-state index contributed by atoms with van der Waals surface area (Å²) in [7, 11) is 0. The average molecular weight is 426 g/mol. The van der Waals surface area contributed by atoms with E-state index in [4.69, 9.17) is 5.21 Å². The second-order valence-electron chi connectivity index (χ2n) is 8.27. The maximum Gasteiger partial charge on any atom is 0.256 e. The van der Waals surface area contributed by atoms with Gasteiger partial charge in [-0.2, -0.15) is 0 Å². The lowest BCUT2D eigenvalue weighted by Gasteiger charge is -2.18. The highest BCUT2D eigenvalue weighted by atomic mass is 19.1. The molecule has 0 spiro atoms. The zero-order valence-electron chi connectivity index (χ0n) is 18.1. The topological polar surface area (TPSA) is 104 Å². The van der Waals surface area contributed by atoms with Crippen molar-refractivity contribution in [2.24, 2.45) is 10.6 Å². The van der Waals surface area contributed by atoms with E-state index in [1.807, 2.05) is 20.8 Å². The number of nitrogens with one attached hydrogen (secondary N) is 2. The molecule has 0 unspecified atom stereocenters. The number of hydrogen-bond donors (Lipinski definition) is 3. The van der Waals surface area contributed by atoms with Crippen LogP contribution in [0.25, 0.3) is 5.57 Å². The van der Waals surface area contributed by atoms with Gasteiger partial charge in [-0.05, 0) is 42.2 Å². The molecule has 0 saturated carbocycles. The molecule has 2 amide bonds. The van der Waals surface area contributed by atoms with Crippen LogP contribution in [-0.2, 0) is 4.79 Å². The Morgan fingerprint density at radius 3 is 2.58 bits per heavy atom. The van der Waals surface area contributed by atoms with Gasteiger partial charge in [-0.15, -0.1) is 0 Å². The minimum atomic E-state index is -0.578. The van der Waals surface area contributed by atoms with Crippen LogP contribution in [-0.4, -0.2) is 34.4 Å². The van der Waals surface area contributed by atoms with E-state index in [0.717, 1.165) is 0 Å². The van der Waals surface area contributed by atoms with E-state index >= 15 is 0 Å². The largest absolute Gasteiger partial charge is 0.409 e. The fraction of sp³-hybridized carbons (Fsp3) is 0.304. The normalized spacial score (nSPS) is 14.9. The van der Waals surface area contributed by atoms with E-state index in [1.54, 1.807) is 19.1 Å². The molecule has 1 aromatic heterocycles. The van der Waals surface area contributed by atoms with E-state index in [1.165, 1.54) is 24.4 Å². The molecule has 0 bridgehead atoms. The molecule has 8 heteroatoms. The molecule has 0 aromatic carbocycles. The van der Waals surface area contributed by atoms with Gasteiger partial charge in [-0.3, -0.25) is 14.6 Å². The number of pyridine rings is 1. The summed E-state index contributed by atoms with van der Waals surface area (Å²) in [6.07, 6.45) is 5.48. The minimum absolute atomic E-state index is 0.0525. The van der Waals surface area contributed by atoms with Crippen LogP contribution in [0.3, 0.4) is 0 Å². The molecular weight excluding hydrogens is 399 g/mol. The van der Waals surface area contributed by atoms with Crippen LogP contribution in [0.15, 0.2) is 65.3 Å². The molecule has 31 heavy (non-hydrogen) atoms. The quantitative estimate of drug-likeness (QED) is 0.287. The number of allylic oxidation sites excluding steroid dienone is 4. The molecule has 3 N–H and O–H groups in total. The van der Waals surface area contributed by atoms with Crippen LogP contribution in [0.5, 0.6) is 0 Å². The van der Waals surface area contributed by atoms with E-state index in [9.17, 15) is 14.0 Å². The number of aromatic nitrogens is 1. The van der Waals surface area contributed by atoms with Gasteiger partial charge in [-0.25, -0.2) is 4.39 Å². The van der Waals surface area contributed by atoms with E-state index in [0.29, 0.717) is 28.9 Å². The lowest BCUT2D eigenvalue weighted by molar-refractivity contribution is -0.115. The molecule has 1 aliphatic rings. The number of carbonyl (C=O) groups excluding carboxylic acids is 2. The second kappa shape index (κ2) is 9.97. The summed E-state index contributed by atoms with van der Waals surface area (Å²) in [6.45, 7) is 11.6. The molecule has 0 aliphatic heterocycles. The van der Waals surface area contributed by atoms with Crippen LogP contribution in [0, 0.1) is 5.41 Å². The van der Waals surface area contributed by atoms with Crippen molar-refractivity contribution < 1.29 is 19.2 Å². The van der Waals surface area contributed by atoms with Crippen molar-refractivity contribution in [2.45, 2.75) is 34.1 Å². The second-order valence-corrected chi connectivity index (χ2v) is 8.27. The van der Waals surface area contributed by atoms with Gasteiger partial charge < -0.3 is 15.8 Å². The van der Waals surface area contributed by atoms with Gasteiger partial charge in [0, 0.05) is 30.3 Å². The molecule has 7 nitrogen and oxygen atoms in total. The molecule has 1 aliphatic carbocycles. The predicted molar refractivity (Wildman–Crippen MR) is 118 cm³/mol. The Balaban J connectivity index is 2.31. The molecule has 0 fully saturated rings. The van der Waals surface area contributed by atoms with Gasteiger partial charge in [0.2, 0.25) is 0 Å². The lowest BCUT2D eigenvalue weighted by atomic mass is 9.97. The lowest BCUT2D eigenvalue weighted by Crippen LogP contribution is -2.32. The SMILES string of the molecule is C=C/C(=N\O)NC(=O)C1=CCC(F)=C(C)C(c2ccc(C(=O)NCC(C)(C)C)cn2)=C1. The van der Waals surface area contributed by atoms with Gasteiger partial charge in [0.05, 0.1) is 11.3 Å². The maximum absolute atomic E-state index is 14.5. The summed E-state index contributed by atoms with van der Waals surface area (Å²) in [6, 6.07) is 3.22. The van der Waals surface area contributed by atoms with Crippen LogP contribution >= 0.6 is 0 Å². The number of nitrogens with zero attached hydrogens (tertiary/aromatic N) is 2. The molecule has 0 radical (unpaired) electrons. The first-order valence-electron chi connectivity index (χ1n) is 9.73. The van der Waals surface area contributed by atoms with Crippen molar-refractivity contribution in [1.82, 2.24) is 15.6 Å². The Morgan fingerprint density at radius 1 is 1.32 bits per heavy atom. The first-order chi connectivity index (χ1) is 14.6. The smallest absolute Gasteiger partial charge is 0.256 e. The number of hydrogen-bond acceptors (Lipinski definition) is 5. The minimum Gasteiger partial charge on any atom is -0.409 e. The number of halogens is 1. The van der Waals surface area contributed by atoms with Gasteiger partial charge in [0.15, 0.2) is 5.84 Å². The van der Waals surface area contributed by atoms with Gasteiger partial charge >= 0.3 is 0 Å². The monoisotopic (exact) mass is 426 g/mol. The van der Waals surface area contributed by atoms with Crippen LogP contribution in [0.4, 0.5) is 4.39 Å². The molecule has 1 heterocycles. The van der Waals surface area contributed by atoms with E-state index in [2.05, 4.69) is 27.4 Å². The summed E-state index contributed by atoms with van der Waals surface area (Å²) >= 11 is 0. The average Bonchev–Trinajstić information content (AvgIpc) is 2.89. The number of oxime groups is 1. The Bertz CT molecular complexity index is 997. The third-order valence-electron chi connectivity index (χ3n) is 4.50. The van der Waals surface area contributed by atoms with Gasteiger partial charge in [-0.1, -0.05) is 38.6 Å². The zero-order valence-corrected chi connectivity index (χ0v) is 18.1. The Kier molecular flexibility index (Phi) is 7.63. The highest BCUT2D eigenvalue weighted by molar-refractivity contribution is 6.11. The fourth-order valence-corrected chi connectivity index (χ4v) is 2.69. The number of rotatable bonds is 5. The van der Waals surface area contributed by atoms with Crippen molar-refractivity contribution in [3.8, 4) is 0 Å². The van der Waals surface area contributed by atoms with Crippen molar-refractivity contribution >= 4 is 23.2 Å². The van der Waals surface area contributed by atoms with Crippen LogP contribution < -0.4 is 10.6 Å². The van der Waals surface area contributed by atoms with Crippen molar-refractivity contribution in [2.75, 3.05) is 6.54 Å². The van der Waals surface area contributed by atoms with Gasteiger partial charge in [0.1, 0.15) is 5.83 Å².